The minimum Gasteiger partial charge on any atom is -0.494 e. The van der Waals surface area contributed by atoms with Crippen LogP contribution in [0.15, 0.2) is 103 Å². The van der Waals surface area contributed by atoms with E-state index in [1.165, 1.54) is 33.4 Å². The molecule has 4 aromatic carbocycles. The van der Waals surface area contributed by atoms with Crippen LogP contribution in [0, 0.1) is 0 Å². The van der Waals surface area contributed by atoms with Gasteiger partial charge >= 0.3 is 5.97 Å². The zero-order valence-corrected chi connectivity index (χ0v) is 50.4. The summed E-state index contributed by atoms with van der Waals surface area (Å²) < 4.78 is 6.06. The number of aliphatic carboxylic acids is 1. The molecule has 2 aliphatic heterocycles. The van der Waals surface area contributed by atoms with Gasteiger partial charge in [-0.15, -0.1) is 0 Å². The Morgan fingerprint density at radius 3 is 0.911 bits per heavy atom. The first kappa shape index (κ1) is 56.5. The molecule has 9 rings (SSSR count). The third kappa shape index (κ3) is 12.2. The number of nitrogens with zero attached hydrogens (tertiary/aromatic N) is 2. The van der Waals surface area contributed by atoms with Crippen LogP contribution in [0.2, 0.25) is 0 Å². The second-order valence-electron chi connectivity index (χ2n) is 28.3. The molecule has 7 aromatic rings. The summed E-state index contributed by atoms with van der Waals surface area (Å²) in [5, 5.41) is 9.26. The molecule has 0 fully saturated rings. The molecule has 0 unspecified atom stereocenters. The standard InChI is InChI=1S/C72H84N4O3/c1-67(2,3)47-34-44(35-48(40-47)68(4,5)6)64-56-27-25-54(73-56)63(43-21-23-53(24-22-43)79-33-19-20-62(77)78)55-26-28-57(74-55)65(45-36-49(69(7,8)9)41-50(37-45)70(10,11)12)59-30-32-61(76-59)66(60-31-29-58(64)75-60)46-38-51(71(13,14)15)42-52(39-46)72(16,17)18/h21-32,34-42,73,76H,19-20,33H2,1-18H3,(H,77,78). The molecule has 7 nitrogen and oxygen atoms in total. The number of nitrogens with one attached hydrogen (secondary N) is 2. The van der Waals surface area contributed by atoms with Crippen molar-refractivity contribution in [2.24, 2.45) is 0 Å². The van der Waals surface area contributed by atoms with Crippen molar-refractivity contribution in [2.75, 3.05) is 6.61 Å². The Bertz CT molecular complexity index is 3570. The average molecular weight is 1050 g/mol. The van der Waals surface area contributed by atoms with Crippen LogP contribution in [0.1, 0.15) is 194 Å². The van der Waals surface area contributed by atoms with Gasteiger partial charge in [-0.1, -0.05) is 191 Å². The van der Waals surface area contributed by atoms with Gasteiger partial charge in [0.15, 0.2) is 0 Å². The van der Waals surface area contributed by atoms with E-state index in [-0.39, 0.29) is 38.9 Å². The van der Waals surface area contributed by atoms with Crippen molar-refractivity contribution in [1.82, 2.24) is 19.9 Å². The van der Waals surface area contributed by atoms with E-state index in [2.05, 4.69) is 250 Å². The number of hydrogen-bond acceptors (Lipinski definition) is 4. The predicted molar refractivity (Wildman–Crippen MR) is 335 cm³/mol. The molecule has 2 aliphatic rings. The summed E-state index contributed by atoms with van der Waals surface area (Å²) >= 11 is 0. The van der Waals surface area contributed by atoms with Crippen molar-refractivity contribution in [3.05, 3.63) is 159 Å². The van der Waals surface area contributed by atoms with Gasteiger partial charge in [-0.3, -0.25) is 4.79 Å². The Kier molecular flexibility index (Phi) is 14.6. The van der Waals surface area contributed by atoms with E-state index in [9.17, 15) is 9.90 Å². The number of carbonyl (C=O) groups is 1. The fraction of sp³-hybridized carbons (Fsp3) is 0.375. The number of rotatable bonds is 9. The molecule has 0 atom stereocenters. The van der Waals surface area contributed by atoms with E-state index in [4.69, 9.17) is 14.7 Å². The number of ether oxygens (including phenoxy) is 1. The third-order valence-electron chi connectivity index (χ3n) is 15.6. The Labute approximate surface area is 470 Å². The second-order valence-corrected chi connectivity index (χ2v) is 28.3. The number of aromatic nitrogens is 4. The quantitative estimate of drug-likeness (QED) is 0.125. The van der Waals surface area contributed by atoms with Crippen molar-refractivity contribution in [3.63, 3.8) is 0 Å². The largest absolute Gasteiger partial charge is 0.494 e. The third-order valence-corrected chi connectivity index (χ3v) is 15.6. The first-order chi connectivity index (χ1) is 36.7. The van der Waals surface area contributed by atoms with Crippen LogP contribution in [0.25, 0.3) is 90.9 Å². The Morgan fingerprint density at radius 2 is 0.658 bits per heavy atom. The Balaban J connectivity index is 1.48. The number of benzene rings is 4. The predicted octanol–water partition coefficient (Wildman–Crippen LogP) is 19.4. The lowest BCUT2D eigenvalue weighted by molar-refractivity contribution is -0.137. The number of aromatic amines is 2. The van der Waals surface area contributed by atoms with Crippen LogP contribution in [-0.2, 0) is 37.3 Å². The molecule has 0 spiro atoms. The monoisotopic (exact) mass is 1050 g/mol. The topological polar surface area (TPSA) is 104 Å². The second kappa shape index (κ2) is 20.4. The summed E-state index contributed by atoms with van der Waals surface area (Å²) in [6, 6.07) is 38.3. The average Bonchev–Trinajstić information content (AvgIpc) is 4.35. The van der Waals surface area contributed by atoms with Crippen LogP contribution < -0.4 is 4.74 Å². The number of carboxylic acids is 1. The number of H-pyrrole nitrogens is 2. The van der Waals surface area contributed by atoms with E-state index in [0.717, 1.165) is 89.4 Å². The summed E-state index contributed by atoms with van der Waals surface area (Å²) in [5.41, 5.74) is 22.3. The van der Waals surface area contributed by atoms with Crippen LogP contribution in [0.5, 0.6) is 5.75 Å². The molecule has 3 aromatic heterocycles. The molecule has 3 N–H and O–H groups in total. The van der Waals surface area contributed by atoms with E-state index in [1.54, 1.807) is 0 Å². The molecular weight excluding hydrogens is 969 g/mol. The number of carboxylic acid groups (broad SMARTS) is 1. The van der Waals surface area contributed by atoms with Crippen molar-refractivity contribution < 1.29 is 14.6 Å². The lowest BCUT2D eigenvalue weighted by Gasteiger charge is -2.26. The molecule has 5 heterocycles. The maximum Gasteiger partial charge on any atom is 0.303 e. The first-order valence-corrected chi connectivity index (χ1v) is 28.3. The Morgan fingerprint density at radius 1 is 0.392 bits per heavy atom. The molecule has 8 bridgehead atoms. The van der Waals surface area contributed by atoms with Gasteiger partial charge in [0.25, 0.3) is 0 Å². The van der Waals surface area contributed by atoms with Crippen molar-refractivity contribution in [2.45, 2.75) is 170 Å². The van der Waals surface area contributed by atoms with Crippen LogP contribution in [-0.4, -0.2) is 37.6 Å². The highest BCUT2D eigenvalue weighted by Gasteiger charge is 2.28. The molecule has 410 valence electrons. The zero-order valence-electron chi connectivity index (χ0n) is 50.4. The molecule has 0 amide bonds. The fourth-order valence-electron chi connectivity index (χ4n) is 10.5. The highest BCUT2D eigenvalue weighted by molar-refractivity contribution is 6.00. The number of hydrogen-bond donors (Lipinski definition) is 3. The number of fused-ring (bicyclic) bond motifs is 8. The van der Waals surface area contributed by atoms with E-state index in [0.29, 0.717) is 18.8 Å². The summed E-state index contributed by atoms with van der Waals surface area (Å²) in [4.78, 5) is 30.8. The van der Waals surface area contributed by atoms with Crippen molar-refractivity contribution >= 4 is 52.3 Å². The molecule has 0 saturated heterocycles. The summed E-state index contributed by atoms with van der Waals surface area (Å²) in [6.07, 6.45) is 9.23. The first-order valence-electron chi connectivity index (χ1n) is 28.3. The summed E-state index contributed by atoms with van der Waals surface area (Å²) in [7, 11) is 0. The van der Waals surface area contributed by atoms with Gasteiger partial charge in [0.05, 0.1) is 29.4 Å². The van der Waals surface area contributed by atoms with Gasteiger partial charge < -0.3 is 19.8 Å². The maximum atomic E-state index is 11.3. The highest BCUT2D eigenvalue weighted by Crippen LogP contribution is 2.44. The van der Waals surface area contributed by atoms with Crippen molar-refractivity contribution in [1.29, 1.82) is 0 Å². The molecule has 0 radical (unpaired) electrons. The van der Waals surface area contributed by atoms with E-state index < -0.39 is 5.97 Å². The van der Waals surface area contributed by atoms with Crippen LogP contribution >= 0.6 is 0 Å². The van der Waals surface area contributed by atoms with Crippen molar-refractivity contribution in [3.8, 4) is 50.3 Å². The lowest BCUT2D eigenvalue weighted by atomic mass is 9.78. The van der Waals surface area contributed by atoms with Gasteiger partial charge in [-0.05, 0) is 155 Å². The molecule has 0 saturated carbocycles. The molecule has 79 heavy (non-hydrogen) atoms. The van der Waals surface area contributed by atoms with Gasteiger partial charge in [0.2, 0.25) is 0 Å². The van der Waals surface area contributed by atoms with Gasteiger partial charge in [-0.2, -0.15) is 0 Å². The van der Waals surface area contributed by atoms with Crippen LogP contribution in [0.4, 0.5) is 0 Å². The summed E-state index contributed by atoms with van der Waals surface area (Å²) in [5.74, 6) is -0.155. The van der Waals surface area contributed by atoms with Gasteiger partial charge in [-0.25, -0.2) is 9.97 Å². The minimum atomic E-state index is -0.831. The Hall–Kier alpha value is -7.25. The SMILES string of the molecule is CC(C)(C)c1cc(-c2c3nc(c(-c4cc(C(C)(C)C)cc(C(C)(C)C)c4)c4ccc([nH]4)c(-c4cc(C(C)(C)C)cc(C(C)(C)C)c4)c4nc(c(-c5ccc(OCCCC(=O)O)cc5)c5ccc2[nH]5)C=C4)C=C3)cc(C(C)(C)C)c1. The highest BCUT2D eigenvalue weighted by atomic mass is 16.5. The smallest absolute Gasteiger partial charge is 0.303 e. The molecule has 0 aliphatic carbocycles. The minimum absolute atomic E-state index is 0.0541. The van der Waals surface area contributed by atoms with E-state index >= 15 is 0 Å². The maximum absolute atomic E-state index is 11.3. The molecular formula is C72H84N4O3. The van der Waals surface area contributed by atoms with Crippen LogP contribution in [0.3, 0.4) is 0 Å². The zero-order chi connectivity index (χ0) is 57.4. The summed E-state index contributed by atoms with van der Waals surface area (Å²) in [6.45, 7) is 41.6. The lowest BCUT2D eigenvalue weighted by Crippen LogP contribution is -2.16. The normalized spacial score (nSPS) is 13.3. The van der Waals surface area contributed by atoms with Gasteiger partial charge in [0.1, 0.15) is 5.75 Å². The fourth-order valence-corrected chi connectivity index (χ4v) is 10.5. The molecule has 7 heteroatoms. The van der Waals surface area contributed by atoms with Gasteiger partial charge in [0, 0.05) is 50.7 Å². The van der Waals surface area contributed by atoms with E-state index in [1.807, 2.05) is 12.1 Å².